The predicted octanol–water partition coefficient (Wildman–Crippen LogP) is 1.37. The highest BCUT2D eigenvalue weighted by atomic mass is 16.3. The minimum atomic E-state index is -0.652. The second kappa shape index (κ2) is 7.11. The molecule has 2 amide bonds. The maximum absolute atomic E-state index is 12.3. The van der Waals surface area contributed by atoms with E-state index in [1.165, 1.54) is 12.3 Å². The number of benzene rings is 1. The van der Waals surface area contributed by atoms with E-state index in [1.807, 2.05) is 37.3 Å². The number of nitrogens with zero attached hydrogens (tertiary/aromatic N) is 1. The summed E-state index contributed by atoms with van der Waals surface area (Å²) < 4.78 is 1.55. The van der Waals surface area contributed by atoms with Crippen LogP contribution in [0.25, 0.3) is 0 Å². The van der Waals surface area contributed by atoms with Gasteiger partial charge in [0.05, 0.1) is 11.7 Å². The van der Waals surface area contributed by atoms with Crippen LogP contribution in [-0.4, -0.2) is 27.5 Å². The Morgan fingerprint density at radius 3 is 2.52 bits per heavy atom. The lowest BCUT2D eigenvalue weighted by Crippen LogP contribution is -2.34. The van der Waals surface area contributed by atoms with Crippen molar-refractivity contribution in [3.05, 3.63) is 59.4 Å². The molecule has 122 valence electrons. The van der Waals surface area contributed by atoms with Gasteiger partial charge in [-0.2, -0.15) is 0 Å². The minimum Gasteiger partial charge on any atom is -0.388 e. The van der Waals surface area contributed by atoms with Crippen LogP contribution in [0.15, 0.2) is 42.6 Å². The number of aryl methyl sites for hydroxylation is 1. The van der Waals surface area contributed by atoms with Gasteiger partial charge in [0.25, 0.3) is 5.91 Å². The quantitative estimate of drug-likeness (QED) is 0.751. The molecular formula is C17H21N3O3. The number of carbonyl (C=O) groups is 2. The van der Waals surface area contributed by atoms with Crippen molar-refractivity contribution < 1.29 is 14.7 Å². The lowest BCUT2D eigenvalue weighted by molar-refractivity contribution is 0.0908. The molecule has 2 atom stereocenters. The van der Waals surface area contributed by atoms with E-state index in [0.29, 0.717) is 12.1 Å². The lowest BCUT2D eigenvalue weighted by Gasteiger charge is -2.18. The molecule has 1 aromatic carbocycles. The summed E-state index contributed by atoms with van der Waals surface area (Å²) in [5.41, 5.74) is 6.65. The number of hydrogen-bond acceptors (Lipinski definition) is 3. The number of aliphatic hydroxyl groups excluding tert-OH is 1. The van der Waals surface area contributed by atoms with Crippen molar-refractivity contribution in [2.45, 2.75) is 25.5 Å². The first-order chi connectivity index (χ1) is 10.9. The normalized spacial score (nSPS) is 13.3. The molecule has 2 rings (SSSR count). The van der Waals surface area contributed by atoms with Crippen molar-refractivity contribution in [2.24, 2.45) is 12.8 Å². The van der Waals surface area contributed by atoms with Crippen molar-refractivity contribution in [2.75, 3.05) is 0 Å². The van der Waals surface area contributed by atoms with Crippen LogP contribution in [0, 0.1) is 0 Å². The Balaban J connectivity index is 1.98. The number of carbonyl (C=O) groups excluding carboxylic acids is 2. The second-order valence-corrected chi connectivity index (χ2v) is 5.63. The van der Waals surface area contributed by atoms with E-state index in [2.05, 4.69) is 5.32 Å². The van der Waals surface area contributed by atoms with Gasteiger partial charge in [-0.1, -0.05) is 30.3 Å². The average Bonchev–Trinajstić information content (AvgIpc) is 2.90. The molecule has 0 saturated heterocycles. The molecule has 0 fully saturated rings. The lowest BCUT2D eigenvalue weighted by atomic mass is 10.0. The van der Waals surface area contributed by atoms with Gasteiger partial charge in [-0.15, -0.1) is 0 Å². The van der Waals surface area contributed by atoms with Crippen LogP contribution in [0.1, 0.15) is 45.9 Å². The summed E-state index contributed by atoms with van der Waals surface area (Å²) in [6, 6.07) is 10.5. The highest BCUT2D eigenvalue weighted by Gasteiger charge is 2.18. The molecule has 0 spiro atoms. The number of aliphatic hydroxyl groups is 1. The van der Waals surface area contributed by atoms with Crippen molar-refractivity contribution in [1.29, 1.82) is 0 Å². The molecule has 1 heterocycles. The largest absolute Gasteiger partial charge is 0.388 e. The van der Waals surface area contributed by atoms with Gasteiger partial charge in [-0.25, -0.2) is 0 Å². The molecule has 0 radical (unpaired) electrons. The summed E-state index contributed by atoms with van der Waals surface area (Å²) in [6.07, 6.45) is 1.25. The molecule has 6 heteroatoms. The number of nitrogens with one attached hydrogen (secondary N) is 1. The molecular weight excluding hydrogens is 294 g/mol. The van der Waals surface area contributed by atoms with Crippen LogP contribution in [0.3, 0.4) is 0 Å². The van der Waals surface area contributed by atoms with Gasteiger partial charge < -0.3 is 20.7 Å². The SMILES string of the molecule is CC(CC(O)c1ccccc1)NC(=O)c1cc(C(N)=O)cn1C. The third kappa shape index (κ3) is 4.20. The fourth-order valence-electron chi connectivity index (χ4n) is 2.43. The summed E-state index contributed by atoms with van der Waals surface area (Å²) in [7, 11) is 1.67. The molecule has 2 aromatic rings. The van der Waals surface area contributed by atoms with Crippen LogP contribution >= 0.6 is 0 Å². The van der Waals surface area contributed by atoms with Gasteiger partial charge in [0.1, 0.15) is 5.69 Å². The summed E-state index contributed by atoms with van der Waals surface area (Å²) in [5.74, 6) is -0.889. The van der Waals surface area contributed by atoms with Crippen LogP contribution in [0.2, 0.25) is 0 Å². The van der Waals surface area contributed by atoms with Crippen LogP contribution in [-0.2, 0) is 7.05 Å². The molecule has 0 aliphatic carbocycles. The predicted molar refractivity (Wildman–Crippen MR) is 86.9 cm³/mol. The zero-order valence-corrected chi connectivity index (χ0v) is 13.2. The minimum absolute atomic E-state index is 0.232. The van der Waals surface area contributed by atoms with Crippen molar-refractivity contribution in [1.82, 2.24) is 9.88 Å². The summed E-state index contributed by atoms with van der Waals surface area (Å²) in [5, 5.41) is 13.0. The molecule has 0 saturated carbocycles. The fourth-order valence-corrected chi connectivity index (χ4v) is 2.43. The summed E-state index contributed by atoms with van der Waals surface area (Å²) >= 11 is 0. The zero-order chi connectivity index (χ0) is 17.0. The van der Waals surface area contributed by atoms with E-state index in [1.54, 1.807) is 11.6 Å². The number of nitrogens with two attached hydrogens (primary N) is 1. The van der Waals surface area contributed by atoms with E-state index in [4.69, 9.17) is 5.73 Å². The smallest absolute Gasteiger partial charge is 0.268 e. The Morgan fingerprint density at radius 2 is 1.96 bits per heavy atom. The molecule has 0 aliphatic rings. The number of aromatic nitrogens is 1. The second-order valence-electron chi connectivity index (χ2n) is 5.63. The Labute approximate surface area is 134 Å². The van der Waals surface area contributed by atoms with Gasteiger partial charge in [-0.05, 0) is 25.0 Å². The first kappa shape index (κ1) is 16.8. The average molecular weight is 315 g/mol. The maximum atomic E-state index is 12.3. The Morgan fingerprint density at radius 1 is 1.30 bits per heavy atom. The van der Waals surface area contributed by atoms with Crippen LogP contribution < -0.4 is 11.1 Å². The first-order valence-electron chi connectivity index (χ1n) is 7.38. The Bertz CT molecular complexity index is 694. The Hall–Kier alpha value is -2.60. The van der Waals surface area contributed by atoms with Gasteiger partial charge >= 0.3 is 0 Å². The number of rotatable bonds is 6. The first-order valence-corrected chi connectivity index (χ1v) is 7.38. The van der Waals surface area contributed by atoms with Crippen LogP contribution in [0.5, 0.6) is 0 Å². The number of amides is 2. The molecule has 0 aliphatic heterocycles. The third-order valence-corrected chi connectivity index (χ3v) is 3.66. The number of hydrogen-bond donors (Lipinski definition) is 3. The third-order valence-electron chi connectivity index (χ3n) is 3.66. The molecule has 0 bridgehead atoms. The summed E-state index contributed by atoms with van der Waals surface area (Å²) in [4.78, 5) is 23.4. The van der Waals surface area contributed by atoms with E-state index >= 15 is 0 Å². The topological polar surface area (TPSA) is 97.3 Å². The van der Waals surface area contributed by atoms with Gasteiger partial charge in [0.2, 0.25) is 5.91 Å². The standard InChI is InChI=1S/C17H21N3O3/c1-11(8-15(21)12-6-4-3-5-7-12)19-17(23)14-9-13(16(18)22)10-20(14)2/h3-7,9-11,15,21H,8H2,1-2H3,(H2,18,22)(H,19,23). The zero-order valence-electron chi connectivity index (χ0n) is 13.2. The molecule has 4 N–H and O–H groups in total. The van der Waals surface area contributed by atoms with Crippen LogP contribution in [0.4, 0.5) is 0 Å². The maximum Gasteiger partial charge on any atom is 0.268 e. The highest BCUT2D eigenvalue weighted by molar-refractivity contribution is 5.98. The van der Waals surface area contributed by atoms with Crippen molar-refractivity contribution in [3.63, 3.8) is 0 Å². The van der Waals surface area contributed by atoms with Gasteiger partial charge in [0, 0.05) is 19.3 Å². The fraction of sp³-hybridized carbons (Fsp3) is 0.294. The monoisotopic (exact) mass is 315 g/mol. The van der Waals surface area contributed by atoms with Gasteiger partial charge in [-0.3, -0.25) is 9.59 Å². The van der Waals surface area contributed by atoms with E-state index < -0.39 is 12.0 Å². The molecule has 23 heavy (non-hydrogen) atoms. The van der Waals surface area contributed by atoms with Crippen molar-refractivity contribution >= 4 is 11.8 Å². The number of primary amides is 1. The van der Waals surface area contributed by atoms with Crippen molar-refractivity contribution in [3.8, 4) is 0 Å². The molecule has 1 aromatic heterocycles. The highest BCUT2D eigenvalue weighted by Crippen LogP contribution is 2.18. The molecule has 6 nitrogen and oxygen atoms in total. The Kier molecular flexibility index (Phi) is 5.18. The summed E-state index contributed by atoms with van der Waals surface area (Å²) in [6.45, 7) is 1.82. The van der Waals surface area contributed by atoms with Gasteiger partial charge in [0.15, 0.2) is 0 Å². The molecule has 2 unspecified atom stereocenters. The van der Waals surface area contributed by atoms with E-state index in [9.17, 15) is 14.7 Å². The van der Waals surface area contributed by atoms with E-state index in [-0.39, 0.29) is 17.5 Å². The van der Waals surface area contributed by atoms with E-state index in [0.717, 1.165) is 5.56 Å².